The predicted octanol–water partition coefficient (Wildman–Crippen LogP) is 4.51. The third-order valence-electron chi connectivity index (χ3n) is 3.57. The van der Waals surface area contributed by atoms with Crippen molar-refractivity contribution < 1.29 is 18.0 Å². The van der Waals surface area contributed by atoms with Crippen molar-refractivity contribution in [2.45, 2.75) is 33.4 Å². The van der Waals surface area contributed by atoms with Gasteiger partial charge in [-0.3, -0.25) is 4.79 Å². The topological polar surface area (TPSA) is 66.9 Å². The molecular formula is C18H21F3N4O. The molecule has 0 radical (unpaired) electrons. The maximum atomic E-state index is 13.0. The third kappa shape index (κ3) is 5.44. The lowest BCUT2D eigenvalue weighted by atomic mass is 10.1. The van der Waals surface area contributed by atoms with Crippen LogP contribution >= 0.6 is 0 Å². The number of amides is 1. The van der Waals surface area contributed by atoms with Crippen LogP contribution in [0.1, 0.15) is 42.0 Å². The second-order valence-corrected chi connectivity index (χ2v) is 6.32. The van der Waals surface area contributed by atoms with Crippen LogP contribution in [0.25, 0.3) is 0 Å². The minimum Gasteiger partial charge on any atom is -0.354 e. The smallest absolute Gasteiger partial charge is 0.354 e. The Morgan fingerprint density at radius 2 is 1.88 bits per heavy atom. The maximum absolute atomic E-state index is 13.0. The summed E-state index contributed by atoms with van der Waals surface area (Å²) in [6, 6.07) is 6.24. The molecule has 0 fully saturated rings. The molecule has 1 aromatic heterocycles. The van der Waals surface area contributed by atoms with E-state index in [0.717, 1.165) is 12.5 Å². The van der Waals surface area contributed by atoms with Crippen molar-refractivity contribution in [3.05, 3.63) is 47.3 Å². The number of hydrogen-bond donors (Lipinski definition) is 2. The molecule has 2 rings (SSSR count). The van der Waals surface area contributed by atoms with E-state index in [1.165, 1.54) is 24.3 Å². The number of nitrogens with zero attached hydrogens (tertiary/aromatic N) is 2. The average Bonchev–Trinajstić information content (AvgIpc) is 2.53. The Balaban J connectivity index is 2.19. The van der Waals surface area contributed by atoms with Crippen molar-refractivity contribution in [3.8, 4) is 0 Å². The fourth-order valence-corrected chi connectivity index (χ4v) is 2.26. The van der Waals surface area contributed by atoms with E-state index in [4.69, 9.17) is 0 Å². The van der Waals surface area contributed by atoms with Crippen LogP contribution in [0.4, 0.5) is 24.8 Å². The van der Waals surface area contributed by atoms with Gasteiger partial charge >= 0.3 is 6.18 Å². The molecule has 0 unspecified atom stereocenters. The Morgan fingerprint density at radius 1 is 1.19 bits per heavy atom. The number of aryl methyl sites for hydroxylation is 1. The Morgan fingerprint density at radius 3 is 2.54 bits per heavy atom. The van der Waals surface area contributed by atoms with Crippen molar-refractivity contribution in [2.75, 3.05) is 17.2 Å². The summed E-state index contributed by atoms with van der Waals surface area (Å²) < 4.78 is 39.1. The first-order valence-electron chi connectivity index (χ1n) is 8.24. The number of nitrogens with one attached hydrogen (secondary N) is 2. The largest absolute Gasteiger partial charge is 0.418 e. The molecule has 1 heterocycles. The molecule has 0 atom stereocenters. The van der Waals surface area contributed by atoms with Gasteiger partial charge in [-0.05, 0) is 37.5 Å². The van der Waals surface area contributed by atoms with Gasteiger partial charge < -0.3 is 10.6 Å². The highest BCUT2D eigenvalue weighted by Crippen LogP contribution is 2.34. The first-order chi connectivity index (χ1) is 12.2. The Bertz CT molecular complexity index is 775. The van der Waals surface area contributed by atoms with Crippen LogP contribution in [0.5, 0.6) is 0 Å². The molecule has 0 saturated carbocycles. The van der Waals surface area contributed by atoms with Crippen LogP contribution in [0, 0.1) is 12.8 Å². The van der Waals surface area contributed by atoms with Crippen molar-refractivity contribution in [1.82, 2.24) is 9.97 Å². The second kappa shape index (κ2) is 8.16. The molecule has 0 aliphatic rings. The SMILES string of the molecule is Cc1cc(C(=O)Nc2ccccc2C(F)(F)F)nc(NCCC(C)C)n1. The Kier molecular flexibility index (Phi) is 6.18. The Labute approximate surface area is 150 Å². The van der Waals surface area contributed by atoms with E-state index >= 15 is 0 Å². The van der Waals surface area contributed by atoms with Crippen molar-refractivity contribution in [3.63, 3.8) is 0 Å². The van der Waals surface area contributed by atoms with Gasteiger partial charge in [0, 0.05) is 12.2 Å². The first kappa shape index (κ1) is 19.7. The molecule has 0 aliphatic carbocycles. The molecule has 8 heteroatoms. The summed E-state index contributed by atoms with van der Waals surface area (Å²) in [4.78, 5) is 20.7. The molecule has 26 heavy (non-hydrogen) atoms. The highest BCUT2D eigenvalue weighted by molar-refractivity contribution is 6.03. The third-order valence-corrected chi connectivity index (χ3v) is 3.57. The number of para-hydroxylation sites is 1. The number of carbonyl (C=O) groups excluding carboxylic acids is 1. The predicted molar refractivity (Wildman–Crippen MR) is 94.1 cm³/mol. The van der Waals surface area contributed by atoms with Gasteiger partial charge in [0.25, 0.3) is 5.91 Å². The van der Waals surface area contributed by atoms with Crippen molar-refractivity contribution in [1.29, 1.82) is 0 Å². The summed E-state index contributed by atoms with van der Waals surface area (Å²) in [5.74, 6) is 0.0490. The van der Waals surface area contributed by atoms with E-state index in [9.17, 15) is 18.0 Å². The molecule has 140 valence electrons. The zero-order chi connectivity index (χ0) is 19.3. The monoisotopic (exact) mass is 366 g/mol. The van der Waals surface area contributed by atoms with Crippen molar-refractivity contribution in [2.24, 2.45) is 5.92 Å². The van der Waals surface area contributed by atoms with Crippen LogP contribution < -0.4 is 10.6 Å². The number of halogens is 3. The van der Waals surface area contributed by atoms with E-state index in [1.807, 2.05) is 0 Å². The number of rotatable bonds is 6. The lowest BCUT2D eigenvalue weighted by Crippen LogP contribution is -2.19. The van der Waals surface area contributed by atoms with E-state index in [1.54, 1.807) is 6.92 Å². The highest BCUT2D eigenvalue weighted by Gasteiger charge is 2.33. The second-order valence-electron chi connectivity index (χ2n) is 6.32. The summed E-state index contributed by atoms with van der Waals surface area (Å²) in [6.45, 7) is 6.49. The number of hydrogen-bond acceptors (Lipinski definition) is 4. The zero-order valence-electron chi connectivity index (χ0n) is 14.8. The zero-order valence-corrected chi connectivity index (χ0v) is 14.8. The highest BCUT2D eigenvalue weighted by atomic mass is 19.4. The van der Waals surface area contributed by atoms with E-state index in [2.05, 4.69) is 34.4 Å². The molecular weight excluding hydrogens is 345 g/mol. The Hall–Kier alpha value is -2.64. The maximum Gasteiger partial charge on any atom is 0.418 e. The number of carbonyl (C=O) groups is 1. The summed E-state index contributed by atoms with van der Waals surface area (Å²) in [6.07, 6.45) is -3.66. The minimum absolute atomic E-state index is 0.00141. The molecule has 2 N–H and O–H groups in total. The lowest BCUT2D eigenvalue weighted by Gasteiger charge is -2.14. The lowest BCUT2D eigenvalue weighted by molar-refractivity contribution is -0.136. The molecule has 1 amide bonds. The van der Waals surface area contributed by atoms with Crippen LogP contribution in [-0.4, -0.2) is 22.4 Å². The van der Waals surface area contributed by atoms with E-state index in [0.29, 0.717) is 18.2 Å². The summed E-state index contributed by atoms with van der Waals surface area (Å²) in [5, 5.41) is 5.31. The van der Waals surface area contributed by atoms with Crippen LogP contribution in [0.3, 0.4) is 0 Å². The van der Waals surface area contributed by atoms with Gasteiger partial charge in [-0.25, -0.2) is 9.97 Å². The van der Waals surface area contributed by atoms with Gasteiger partial charge in [-0.15, -0.1) is 0 Å². The number of anilines is 2. The average molecular weight is 366 g/mol. The van der Waals surface area contributed by atoms with Crippen LogP contribution in [-0.2, 0) is 6.18 Å². The number of alkyl halides is 3. The van der Waals surface area contributed by atoms with Gasteiger partial charge in [-0.2, -0.15) is 13.2 Å². The molecule has 1 aromatic carbocycles. The van der Waals surface area contributed by atoms with Gasteiger partial charge in [0.05, 0.1) is 11.3 Å². The molecule has 0 spiro atoms. The van der Waals surface area contributed by atoms with Crippen LogP contribution in [0.2, 0.25) is 0 Å². The molecule has 0 aliphatic heterocycles. The van der Waals surface area contributed by atoms with Crippen LogP contribution in [0.15, 0.2) is 30.3 Å². The quantitative estimate of drug-likeness (QED) is 0.789. The molecule has 2 aromatic rings. The number of aromatic nitrogens is 2. The minimum atomic E-state index is -4.56. The van der Waals surface area contributed by atoms with E-state index < -0.39 is 17.6 Å². The van der Waals surface area contributed by atoms with Gasteiger partial charge in [0.1, 0.15) is 5.69 Å². The van der Waals surface area contributed by atoms with E-state index in [-0.39, 0.29) is 17.3 Å². The first-order valence-corrected chi connectivity index (χ1v) is 8.24. The molecule has 5 nitrogen and oxygen atoms in total. The van der Waals surface area contributed by atoms with Crippen molar-refractivity contribution >= 4 is 17.5 Å². The molecule has 0 bridgehead atoms. The van der Waals surface area contributed by atoms with Gasteiger partial charge in [-0.1, -0.05) is 26.0 Å². The summed E-state index contributed by atoms with van der Waals surface area (Å²) >= 11 is 0. The summed E-state index contributed by atoms with van der Waals surface area (Å²) in [7, 11) is 0. The van der Waals surface area contributed by atoms with Gasteiger partial charge in [0.15, 0.2) is 0 Å². The fraction of sp³-hybridized carbons (Fsp3) is 0.389. The molecule has 0 saturated heterocycles. The normalized spacial score (nSPS) is 11.5. The standard InChI is InChI=1S/C18H21F3N4O/c1-11(2)8-9-22-17-23-12(3)10-15(25-17)16(26)24-14-7-5-4-6-13(14)18(19,20)21/h4-7,10-11H,8-9H2,1-3H3,(H,24,26)(H,22,23,25). The fourth-order valence-electron chi connectivity index (χ4n) is 2.26. The number of benzene rings is 1. The van der Waals surface area contributed by atoms with Gasteiger partial charge in [0.2, 0.25) is 5.95 Å². The summed E-state index contributed by atoms with van der Waals surface area (Å²) in [5.41, 5.74) is -0.673.